The second-order valence-corrected chi connectivity index (χ2v) is 14.0. The van der Waals surface area contributed by atoms with E-state index >= 15 is 0 Å². The molecule has 51 heavy (non-hydrogen) atoms. The number of nitrogens with zero attached hydrogens (tertiary/aromatic N) is 8. The maximum absolute atomic E-state index is 4.75. The molecule has 0 fully saturated rings. The molecule has 0 radical (unpaired) electrons. The number of para-hydroxylation sites is 1. The van der Waals surface area contributed by atoms with E-state index in [9.17, 15) is 0 Å². The number of hydrogen-bond acceptors (Lipinski definition) is 8. The first-order chi connectivity index (χ1) is 25.2. The van der Waals surface area contributed by atoms with Crippen molar-refractivity contribution in [3.8, 4) is 34.3 Å². The summed E-state index contributed by atoms with van der Waals surface area (Å²) >= 11 is 3.32. The fraction of sp³-hybridized carbons (Fsp3) is 0.211. The molecule has 0 bridgehead atoms. The van der Waals surface area contributed by atoms with E-state index in [0.717, 1.165) is 111 Å². The van der Waals surface area contributed by atoms with Crippen LogP contribution >= 0.6 is 23.5 Å². The minimum Gasteiger partial charge on any atom is -0.352 e. The van der Waals surface area contributed by atoms with E-state index < -0.39 is 0 Å². The average molecular weight is 712 g/mol. The van der Waals surface area contributed by atoms with Crippen molar-refractivity contribution < 1.29 is 0 Å². The summed E-state index contributed by atoms with van der Waals surface area (Å²) in [5.74, 6) is 3.38. The lowest BCUT2D eigenvalue weighted by molar-refractivity contribution is 0.596. The summed E-state index contributed by atoms with van der Waals surface area (Å²) in [5, 5.41) is 21.2. The molecule has 0 saturated carbocycles. The number of imidazole rings is 2. The summed E-state index contributed by atoms with van der Waals surface area (Å²) in [7, 11) is 0. The minimum atomic E-state index is 0.757. The Balaban J connectivity index is 0.939. The molecule has 256 valence electrons. The highest BCUT2D eigenvalue weighted by Crippen LogP contribution is 2.30. The molecule has 0 spiro atoms. The Labute approximate surface area is 303 Å². The first-order valence-electron chi connectivity index (χ1n) is 17.0. The SMILES string of the molecule is CSc1nnc(-c2ccccc2)n1CCCc1cnc(-c2cccc(CSc3nnc(-c4cc5ccccc5[nH]4)n3CCCc3cnc[nH]3)c2)[nH]1. The van der Waals surface area contributed by atoms with Crippen LogP contribution < -0.4 is 0 Å². The third kappa shape index (κ3) is 7.40. The maximum Gasteiger partial charge on any atom is 0.191 e. The number of aryl methyl sites for hydroxylation is 2. The van der Waals surface area contributed by atoms with Gasteiger partial charge < -0.3 is 24.1 Å². The molecular weight excluding hydrogens is 675 g/mol. The number of fused-ring (bicyclic) bond motifs is 1. The van der Waals surface area contributed by atoms with Crippen LogP contribution in [0.4, 0.5) is 0 Å². The topological polar surface area (TPSA) is 135 Å². The second kappa shape index (κ2) is 15.2. The standard InChI is InChI=1S/C38H37N11S2/c1-50-37-46-44-35(27-11-3-2-4-12-27)48(37)18-9-16-31-23-40-34(42-31)29-14-7-10-26(20-29)24-51-38-47-45-36(33-21-28-13-5-6-17-32(28)43-33)49(38)19-8-15-30-22-39-25-41-30/h2-7,10-14,17,20-23,25,43H,8-9,15-16,18-19,24H2,1H3,(H,39,41)(H,40,42). The van der Waals surface area contributed by atoms with Gasteiger partial charge in [0.2, 0.25) is 0 Å². The van der Waals surface area contributed by atoms with Crippen LogP contribution in [0.2, 0.25) is 0 Å². The van der Waals surface area contributed by atoms with Gasteiger partial charge in [-0.05, 0) is 55.7 Å². The van der Waals surface area contributed by atoms with Gasteiger partial charge in [-0.3, -0.25) is 0 Å². The minimum absolute atomic E-state index is 0.757. The number of hydrogen-bond donors (Lipinski definition) is 3. The predicted molar refractivity (Wildman–Crippen MR) is 203 cm³/mol. The van der Waals surface area contributed by atoms with Gasteiger partial charge in [-0.2, -0.15) is 0 Å². The highest BCUT2D eigenvalue weighted by molar-refractivity contribution is 7.98. The van der Waals surface area contributed by atoms with Gasteiger partial charge in [0.25, 0.3) is 0 Å². The van der Waals surface area contributed by atoms with Crippen LogP contribution in [0.15, 0.2) is 114 Å². The van der Waals surface area contributed by atoms with Crippen LogP contribution in [-0.4, -0.2) is 60.7 Å². The van der Waals surface area contributed by atoms with Crippen LogP contribution in [0.1, 0.15) is 29.8 Å². The molecule has 3 N–H and O–H groups in total. The smallest absolute Gasteiger partial charge is 0.191 e. The molecule has 0 amide bonds. The van der Waals surface area contributed by atoms with E-state index in [1.54, 1.807) is 29.9 Å². The van der Waals surface area contributed by atoms with Crippen molar-refractivity contribution in [2.45, 2.75) is 54.8 Å². The number of benzene rings is 3. The van der Waals surface area contributed by atoms with Gasteiger partial charge in [0.05, 0.1) is 12.0 Å². The fourth-order valence-electron chi connectivity index (χ4n) is 6.30. The molecule has 0 unspecified atom stereocenters. The van der Waals surface area contributed by atoms with E-state index in [1.807, 2.05) is 42.9 Å². The van der Waals surface area contributed by atoms with Gasteiger partial charge in [0.1, 0.15) is 5.82 Å². The zero-order chi connectivity index (χ0) is 34.4. The molecule has 11 nitrogen and oxygen atoms in total. The lowest BCUT2D eigenvalue weighted by Crippen LogP contribution is -2.04. The number of aromatic nitrogens is 11. The molecule has 8 rings (SSSR count). The normalized spacial score (nSPS) is 11.5. The van der Waals surface area contributed by atoms with E-state index in [4.69, 9.17) is 4.98 Å². The van der Waals surface area contributed by atoms with Crippen molar-refractivity contribution in [1.82, 2.24) is 54.4 Å². The van der Waals surface area contributed by atoms with Crippen LogP contribution in [0, 0.1) is 0 Å². The first-order valence-corrected chi connectivity index (χ1v) is 19.2. The number of aromatic amines is 3. The van der Waals surface area contributed by atoms with E-state index in [-0.39, 0.29) is 0 Å². The molecular formula is C38H37N11S2. The Bertz CT molecular complexity index is 2300. The first kappa shape index (κ1) is 32.8. The van der Waals surface area contributed by atoms with Gasteiger partial charge in [-0.15, -0.1) is 20.4 Å². The molecule has 5 heterocycles. The molecule has 3 aromatic carbocycles. The van der Waals surface area contributed by atoms with Gasteiger partial charge >= 0.3 is 0 Å². The van der Waals surface area contributed by atoms with Gasteiger partial charge in [0, 0.05) is 64.7 Å². The van der Waals surface area contributed by atoms with Gasteiger partial charge in [-0.25, -0.2) is 9.97 Å². The highest BCUT2D eigenvalue weighted by atomic mass is 32.2. The number of nitrogens with one attached hydrogen (secondary N) is 3. The highest BCUT2D eigenvalue weighted by Gasteiger charge is 2.17. The predicted octanol–water partition coefficient (Wildman–Crippen LogP) is 8.08. The molecule has 5 aromatic heterocycles. The Morgan fingerprint density at radius 1 is 0.686 bits per heavy atom. The van der Waals surface area contributed by atoms with Crippen LogP contribution in [0.5, 0.6) is 0 Å². The van der Waals surface area contributed by atoms with Crippen molar-refractivity contribution in [2.24, 2.45) is 0 Å². The summed E-state index contributed by atoms with van der Waals surface area (Å²) in [6.07, 6.45) is 11.3. The Hall–Kier alpha value is -5.40. The lowest BCUT2D eigenvalue weighted by Gasteiger charge is -2.10. The number of H-pyrrole nitrogens is 3. The monoisotopic (exact) mass is 711 g/mol. The molecule has 0 atom stereocenters. The Morgan fingerprint density at radius 2 is 1.45 bits per heavy atom. The number of thioether (sulfide) groups is 2. The number of rotatable bonds is 15. The van der Waals surface area contributed by atoms with Crippen LogP contribution in [0.3, 0.4) is 0 Å². The molecule has 0 aliphatic rings. The molecule has 0 aliphatic heterocycles. The van der Waals surface area contributed by atoms with Crippen molar-refractivity contribution >= 4 is 34.4 Å². The van der Waals surface area contributed by atoms with Crippen molar-refractivity contribution in [3.63, 3.8) is 0 Å². The molecule has 0 saturated heterocycles. The van der Waals surface area contributed by atoms with Crippen LogP contribution in [-0.2, 0) is 31.7 Å². The molecule has 0 aliphatic carbocycles. The Morgan fingerprint density at radius 3 is 2.27 bits per heavy atom. The fourth-order valence-corrected chi connectivity index (χ4v) is 7.73. The van der Waals surface area contributed by atoms with E-state index in [1.165, 1.54) is 5.56 Å². The average Bonchev–Trinajstić information content (AvgIpc) is 4.02. The summed E-state index contributed by atoms with van der Waals surface area (Å²) in [6.45, 7) is 1.61. The largest absolute Gasteiger partial charge is 0.352 e. The zero-order valence-electron chi connectivity index (χ0n) is 28.2. The van der Waals surface area contributed by atoms with E-state index in [2.05, 4.69) is 110 Å². The quantitative estimate of drug-likeness (QED) is 0.0909. The Kier molecular flexibility index (Phi) is 9.79. The van der Waals surface area contributed by atoms with Crippen LogP contribution in [0.25, 0.3) is 45.2 Å². The van der Waals surface area contributed by atoms with E-state index in [0.29, 0.717) is 0 Å². The summed E-state index contributed by atoms with van der Waals surface area (Å²) < 4.78 is 4.45. The van der Waals surface area contributed by atoms with Gasteiger partial charge in [0.15, 0.2) is 22.0 Å². The molecule has 8 aromatic rings. The third-order valence-electron chi connectivity index (χ3n) is 8.83. The van der Waals surface area contributed by atoms with Crippen molar-refractivity contribution in [1.29, 1.82) is 0 Å². The summed E-state index contributed by atoms with van der Waals surface area (Å²) in [4.78, 5) is 19.2. The summed E-state index contributed by atoms with van der Waals surface area (Å²) in [6, 6.07) is 29.3. The second-order valence-electron chi connectivity index (χ2n) is 12.3. The third-order valence-corrected chi connectivity index (χ3v) is 10.5. The lowest BCUT2D eigenvalue weighted by atomic mass is 10.1. The van der Waals surface area contributed by atoms with Crippen molar-refractivity contribution in [2.75, 3.05) is 6.26 Å². The molecule has 13 heteroatoms. The maximum atomic E-state index is 4.75. The van der Waals surface area contributed by atoms with Gasteiger partial charge in [-0.1, -0.05) is 90.3 Å². The van der Waals surface area contributed by atoms with Crippen molar-refractivity contribution in [3.05, 3.63) is 121 Å². The zero-order valence-corrected chi connectivity index (χ0v) is 29.8. The summed E-state index contributed by atoms with van der Waals surface area (Å²) in [5.41, 5.74) is 7.62.